The fourth-order valence-corrected chi connectivity index (χ4v) is 3.53. The molecule has 1 aliphatic rings. The summed E-state index contributed by atoms with van der Waals surface area (Å²) in [5.74, 6) is -0.451. The summed E-state index contributed by atoms with van der Waals surface area (Å²) in [6, 6.07) is 13.2. The first-order chi connectivity index (χ1) is 13.5. The Morgan fingerprint density at radius 1 is 1.14 bits per heavy atom. The standard InChI is InChI=1S/C22H26N2O4/c1-15(24-21(25)16-8-10-17(11-9-16)22(26)27)18-5-4-7-20(13-18)28-14-19-6-2-3-12-23-19/h2-7,12-13,15-17H,8-11,14H2,1H3,(H,24,25)(H,26,27). The van der Waals surface area contributed by atoms with Gasteiger partial charge in [0.2, 0.25) is 5.91 Å². The maximum atomic E-state index is 12.6. The third-order valence-corrected chi connectivity index (χ3v) is 5.28. The van der Waals surface area contributed by atoms with Gasteiger partial charge in [-0.25, -0.2) is 0 Å². The molecule has 1 amide bonds. The number of carboxylic acid groups (broad SMARTS) is 1. The Morgan fingerprint density at radius 3 is 2.57 bits per heavy atom. The van der Waals surface area contributed by atoms with E-state index in [9.17, 15) is 9.59 Å². The van der Waals surface area contributed by atoms with E-state index in [1.54, 1.807) is 6.20 Å². The van der Waals surface area contributed by atoms with Crippen molar-refractivity contribution in [2.45, 2.75) is 45.3 Å². The second-order valence-corrected chi connectivity index (χ2v) is 7.30. The van der Waals surface area contributed by atoms with Crippen molar-refractivity contribution in [2.24, 2.45) is 11.8 Å². The number of hydrogen-bond acceptors (Lipinski definition) is 4. The van der Waals surface area contributed by atoms with Gasteiger partial charge in [0, 0.05) is 12.1 Å². The third-order valence-electron chi connectivity index (χ3n) is 5.28. The van der Waals surface area contributed by atoms with E-state index in [1.165, 1.54) is 0 Å². The van der Waals surface area contributed by atoms with Crippen molar-refractivity contribution in [1.82, 2.24) is 10.3 Å². The largest absolute Gasteiger partial charge is 0.487 e. The highest BCUT2D eigenvalue weighted by atomic mass is 16.5. The Hall–Kier alpha value is -2.89. The molecule has 0 bridgehead atoms. The van der Waals surface area contributed by atoms with E-state index in [0.29, 0.717) is 32.3 Å². The van der Waals surface area contributed by atoms with E-state index in [4.69, 9.17) is 9.84 Å². The van der Waals surface area contributed by atoms with E-state index >= 15 is 0 Å². The number of ether oxygens (including phenoxy) is 1. The number of carboxylic acids is 1. The number of nitrogens with one attached hydrogen (secondary N) is 1. The lowest BCUT2D eigenvalue weighted by Gasteiger charge is -2.26. The summed E-state index contributed by atoms with van der Waals surface area (Å²) in [5.41, 5.74) is 1.82. The first-order valence-electron chi connectivity index (χ1n) is 9.69. The molecule has 2 N–H and O–H groups in total. The molecule has 148 valence electrons. The third kappa shape index (κ3) is 5.31. The maximum absolute atomic E-state index is 12.6. The summed E-state index contributed by atoms with van der Waals surface area (Å²) in [7, 11) is 0. The van der Waals surface area contributed by atoms with Gasteiger partial charge in [0.1, 0.15) is 12.4 Å². The van der Waals surface area contributed by atoms with Crippen LogP contribution in [0.15, 0.2) is 48.7 Å². The van der Waals surface area contributed by atoms with Crippen LogP contribution in [0.4, 0.5) is 0 Å². The molecule has 1 aliphatic carbocycles. The van der Waals surface area contributed by atoms with Gasteiger partial charge in [0.05, 0.1) is 17.7 Å². The number of carbonyl (C=O) groups is 2. The summed E-state index contributed by atoms with van der Waals surface area (Å²) in [5, 5.41) is 12.1. The molecule has 0 spiro atoms. The van der Waals surface area contributed by atoms with Gasteiger partial charge in [-0.05, 0) is 62.4 Å². The average Bonchev–Trinajstić information content (AvgIpc) is 2.73. The second-order valence-electron chi connectivity index (χ2n) is 7.30. The lowest BCUT2D eigenvalue weighted by molar-refractivity contribution is -0.144. The molecule has 0 aliphatic heterocycles. The molecule has 2 aromatic rings. The van der Waals surface area contributed by atoms with E-state index in [-0.39, 0.29) is 23.8 Å². The Balaban J connectivity index is 1.53. The number of aromatic nitrogens is 1. The van der Waals surface area contributed by atoms with Crippen LogP contribution in [-0.4, -0.2) is 22.0 Å². The van der Waals surface area contributed by atoms with Gasteiger partial charge in [0.15, 0.2) is 0 Å². The molecule has 6 nitrogen and oxygen atoms in total. The molecular weight excluding hydrogens is 356 g/mol. The van der Waals surface area contributed by atoms with Gasteiger partial charge in [-0.3, -0.25) is 14.6 Å². The van der Waals surface area contributed by atoms with Crippen LogP contribution < -0.4 is 10.1 Å². The quantitative estimate of drug-likeness (QED) is 0.762. The topological polar surface area (TPSA) is 88.5 Å². The highest BCUT2D eigenvalue weighted by Crippen LogP contribution is 2.30. The summed E-state index contributed by atoms with van der Waals surface area (Å²) >= 11 is 0. The molecular formula is C22H26N2O4. The predicted octanol–water partition coefficient (Wildman–Crippen LogP) is 3.73. The first kappa shape index (κ1) is 19.9. The van der Waals surface area contributed by atoms with Crippen molar-refractivity contribution in [3.8, 4) is 5.75 Å². The number of pyridine rings is 1. The normalized spacial score (nSPS) is 20.2. The van der Waals surface area contributed by atoms with Crippen LogP contribution in [0.2, 0.25) is 0 Å². The van der Waals surface area contributed by atoms with E-state index in [2.05, 4.69) is 10.3 Å². The summed E-state index contributed by atoms with van der Waals surface area (Å²) in [6.45, 7) is 2.33. The molecule has 0 saturated heterocycles. The number of rotatable bonds is 7. The van der Waals surface area contributed by atoms with Crippen LogP contribution in [0.3, 0.4) is 0 Å². The Labute approximate surface area is 164 Å². The second kappa shape index (κ2) is 9.35. The molecule has 1 aromatic heterocycles. The van der Waals surface area contributed by atoms with E-state index < -0.39 is 5.97 Å². The molecule has 28 heavy (non-hydrogen) atoms. The molecule has 6 heteroatoms. The van der Waals surface area contributed by atoms with Gasteiger partial charge < -0.3 is 15.2 Å². The zero-order chi connectivity index (χ0) is 19.9. The Kier molecular flexibility index (Phi) is 6.63. The molecule has 1 unspecified atom stereocenters. The van der Waals surface area contributed by atoms with Crippen molar-refractivity contribution >= 4 is 11.9 Å². The number of nitrogens with zero attached hydrogens (tertiary/aromatic N) is 1. The zero-order valence-electron chi connectivity index (χ0n) is 16.0. The fraction of sp³-hybridized carbons (Fsp3) is 0.409. The van der Waals surface area contributed by atoms with Crippen molar-refractivity contribution < 1.29 is 19.4 Å². The fourth-order valence-electron chi connectivity index (χ4n) is 3.53. The monoisotopic (exact) mass is 382 g/mol. The minimum atomic E-state index is -0.755. The van der Waals surface area contributed by atoms with Gasteiger partial charge in [-0.15, -0.1) is 0 Å². The van der Waals surface area contributed by atoms with Gasteiger partial charge in [-0.2, -0.15) is 0 Å². The minimum absolute atomic E-state index is 0.00357. The highest BCUT2D eigenvalue weighted by Gasteiger charge is 2.30. The average molecular weight is 382 g/mol. The smallest absolute Gasteiger partial charge is 0.306 e. The molecule has 1 atom stereocenters. The van der Waals surface area contributed by atoms with Crippen LogP contribution in [0.5, 0.6) is 5.75 Å². The van der Waals surface area contributed by atoms with Crippen LogP contribution in [0.1, 0.15) is 49.9 Å². The van der Waals surface area contributed by atoms with E-state index in [1.807, 2.05) is 49.4 Å². The number of amides is 1. The van der Waals surface area contributed by atoms with Crippen molar-refractivity contribution in [3.63, 3.8) is 0 Å². The molecule has 0 radical (unpaired) electrons. The number of hydrogen-bond donors (Lipinski definition) is 2. The number of aliphatic carboxylic acids is 1. The Bertz CT molecular complexity index is 801. The van der Waals surface area contributed by atoms with Gasteiger partial charge in [-0.1, -0.05) is 18.2 Å². The van der Waals surface area contributed by atoms with E-state index in [0.717, 1.165) is 17.0 Å². The van der Waals surface area contributed by atoms with Crippen molar-refractivity contribution in [2.75, 3.05) is 0 Å². The van der Waals surface area contributed by atoms with Gasteiger partial charge in [0.25, 0.3) is 0 Å². The highest BCUT2D eigenvalue weighted by molar-refractivity contribution is 5.79. The molecule has 1 aromatic carbocycles. The minimum Gasteiger partial charge on any atom is -0.487 e. The predicted molar refractivity (Wildman–Crippen MR) is 105 cm³/mol. The number of carbonyl (C=O) groups excluding carboxylic acids is 1. The Morgan fingerprint density at radius 2 is 1.89 bits per heavy atom. The zero-order valence-corrected chi connectivity index (χ0v) is 16.0. The molecule has 1 fully saturated rings. The molecule has 3 rings (SSSR count). The SMILES string of the molecule is CC(NC(=O)C1CCC(C(=O)O)CC1)c1cccc(OCc2ccccn2)c1. The van der Waals surface area contributed by atoms with Crippen LogP contribution in [0, 0.1) is 11.8 Å². The summed E-state index contributed by atoms with van der Waals surface area (Å²) in [6.07, 6.45) is 4.12. The summed E-state index contributed by atoms with van der Waals surface area (Å²) < 4.78 is 5.81. The van der Waals surface area contributed by atoms with Crippen LogP contribution >= 0.6 is 0 Å². The van der Waals surface area contributed by atoms with Crippen molar-refractivity contribution in [3.05, 3.63) is 59.9 Å². The van der Waals surface area contributed by atoms with Gasteiger partial charge >= 0.3 is 5.97 Å². The number of benzene rings is 1. The van der Waals surface area contributed by atoms with Crippen LogP contribution in [-0.2, 0) is 16.2 Å². The van der Waals surface area contributed by atoms with Crippen molar-refractivity contribution in [1.29, 1.82) is 0 Å². The summed E-state index contributed by atoms with van der Waals surface area (Å²) in [4.78, 5) is 27.8. The maximum Gasteiger partial charge on any atom is 0.306 e. The first-order valence-corrected chi connectivity index (χ1v) is 9.69. The lowest BCUT2D eigenvalue weighted by Crippen LogP contribution is -2.35. The van der Waals surface area contributed by atoms with Crippen LogP contribution in [0.25, 0.3) is 0 Å². The lowest BCUT2D eigenvalue weighted by atomic mass is 9.81. The molecule has 1 heterocycles. The molecule has 1 saturated carbocycles.